The van der Waals surface area contributed by atoms with Gasteiger partial charge in [-0.25, -0.2) is 0 Å². The van der Waals surface area contributed by atoms with E-state index in [9.17, 15) is 0 Å². The van der Waals surface area contributed by atoms with Crippen molar-refractivity contribution >= 4 is 0 Å². The van der Waals surface area contributed by atoms with Gasteiger partial charge < -0.3 is 4.52 Å². The second kappa shape index (κ2) is 4.91. The van der Waals surface area contributed by atoms with Crippen molar-refractivity contribution in [1.29, 1.82) is 0 Å². The minimum atomic E-state index is 0.490. The van der Waals surface area contributed by atoms with Gasteiger partial charge in [-0.2, -0.15) is 4.98 Å². The van der Waals surface area contributed by atoms with E-state index in [1.54, 1.807) is 0 Å². The predicted molar refractivity (Wildman–Crippen MR) is 46.9 cm³/mol. The Kier molecular flexibility index (Phi) is 3.77. The van der Waals surface area contributed by atoms with Crippen molar-refractivity contribution in [3.63, 3.8) is 0 Å². The maximum Gasteiger partial charge on any atom is 0.213 e. The SMILES string of the molecule is CCCCC(CC)c1ncon1. The van der Waals surface area contributed by atoms with Crippen molar-refractivity contribution in [1.82, 2.24) is 10.1 Å². The Balaban J connectivity index is 2.45. The van der Waals surface area contributed by atoms with Gasteiger partial charge in [-0.3, -0.25) is 0 Å². The highest BCUT2D eigenvalue weighted by atomic mass is 16.5. The standard InChI is InChI=1S/C9H16N2O/c1-3-5-6-8(4-2)9-10-7-12-11-9/h7-8H,3-6H2,1-2H3. The van der Waals surface area contributed by atoms with E-state index in [0.717, 1.165) is 12.2 Å². The van der Waals surface area contributed by atoms with E-state index in [4.69, 9.17) is 4.52 Å². The lowest BCUT2D eigenvalue weighted by Gasteiger charge is -2.08. The van der Waals surface area contributed by atoms with Crippen LogP contribution in [0.1, 0.15) is 51.3 Å². The number of nitrogens with zero attached hydrogens (tertiary/aromatic N) is 2. The Morgan fingerprint density at radius 3 is 2.83 bits per heavy atom. The van der Waals surface area contributed by atoms with Crippen molar-refractivity contribution in [2.75, 3.05) is 0 Å². The van der Waals surface area contributed by atoms with Crippen molar-refractivity contribution in [2.45, 2.75) is 45.4 Å². The highest BCUT2D eigenvalue weighted by Gasteiger charge is 2.12. The molecule has 0 radical (unpaired) electrons. The molecule has 1 unspecified atom stereocenters. The van der Waals surface area contributed by atoms with Gasteiger partial charge in [-0.15, -0.1) is 0 Å². The summed E-state index contributed by atoms with van der Waals surface area (Å²) in [5, 5.41) is 3.85. The molecule has 0 saturated heterocycles. The molecule has 12 heavy (non-hydrogen) atoms. The Bertz CT molecular complexity index is 196. The van der Waals surface area contributed by atoms with E-state index >= 15 is 0 Å². The normalized spacial score (nSPS) is 13.2. The second-order valence-electron chi connectivity index (χ2n) is 3.04. The maximum absolute atomic E-state index is 4.72. The Morgan fingerprint density at radius 1 is 1.50 bits per heavy atom. The zero-order valence-corrected chi connectivity index (χ0v) is 7.79. The van der Waals surface area contributed by atoms with E-state index in [-0.39, 0.29) is 0 Å². The van der Waals surface area contributed by atoms with Crippen molar-refractivity contribution < 1.29 is 4.52 Å². The summed E-state index contributed by atoms with van der Waals surface area (Å²) in [6.45, 7) is 4.36. The van der Waals surface area contributed by atoms with Gasteiger partial charge in [0.1, 0.15) is 0 Å². The molecule has 0 aliphatic carbocycles. The Labute approximate surface area is 73.2 Å². The first-order chi connectivity index (χ1) is 5.88. The monoisotopic (exact) mass is 168 g/mol. The summed E-state index contributed by atoms with van der Waals surface area (Å²) >= 11 is 0. The molecule has 0 saturated carbocycles. The summed E-state index contributed by atoms with van der Waals surface area (Å²) in [7, 11) is 0. The Morgan fingerprint density at radius 2 is 2.33 bits per heavy atom. The molecule has 3 heteroatoms. The molecular weight excluding hydrogens is 152 g/mol. The molecule has 68 valence electrons. The molecular formula is C9H16N2O. The lowest BCUT2D eigenvalue weighted by Crippen LogP contribution is -1.99. The van der Waals surface area contributed by atoms with Gasteiger partial charge in [0.25, 0.3) is 0 Å². The molecule has 0 fully saturated rings. The summed E-state index contributed by atoms with van der Waals surface area (Å²) < 4.78 is 4.72. The largest absolute Gasteiger partial charge is 0.343 e. The molecule has 1 aromatic heterocycles. The molecule has 1 aromatic rings. The minimum Gasteiger partial charge on any atom is -0.343 e. The molecule has 1 heterocycles. The second-order valence-corrected chi connectivity index (χ2v) is 3.04. The van der Waals surface area contributed by atoms with Crippen molar-refractivity contribution in [2.24, 2.45) is 0 Å². The summed E-state index contributed by atoms with van der Waals surface area (Å²) in [6.07, 6.45) is 6.15. The van der Waals surface area contributed by atoms with Crippen LogP contribution in [0, 0.1) is 0 Å². The fraction of sp³-hybridized carbons (Fsp3) is 0.778. The van der Waals surface area contributed by atoms with Crippen LogP contribution in [-0.4, -0.2) is 10.1 Å². The zero-order valence-electron chi connectivity index (χ0n) is 7.79. The lowest BCUT2D eigenvalue weighted by molar-refractivity contribution is 0.398. The third-order valence-electron chi connectivity index (χ3n) is 2.14. The topological polar surface area (TPSA) is 38.9 Å². The maximum atomic E-state index is 4.72. The van der Waals surface area contributed by atoms with Crippen LogP contribution in [0.5, 0.6) is 0 Å². The molecule has 0 aromatic carbocycles. The highest BCUT2D eigenvalue weighted by Crippen LogP contribution is 2.21. The van der Waals surface area contributed by atoms with Crippen LogP contribution in [0.15, 0.2) is 10.9 Å². The smallest absolute Gasteiger partial charge is 0.213 e. The van der Waals surface area contributed by atoms with Crippen molar-refractivity contribution in [3.05, 3.63) is 12.2 Å². The first-order valence-electron chi connectivity index (χ1n) is 4.64. The number of rotatable bonds is 5. The molecule has 1 rings (SSSR count). The molecule has 0 spiro atoms. The molecule has 0 aliphatic heterocycles. The summed E-state index contributed by atoms with van der Waals surface area (Å²) in [5.41, 5.74) is 0. The molecule has 0 bridgehead atoms. The lowest BCUT2D eigenvalue weighted by atomic mass is 9.99. The van der Waals surface area contributed by atoms with E-state index in [0.29, 0.717) is 5.92 Å². The Hall–Kier alpha value is -0.860. The predicted octanol–water partition coefficient (Wildman–Crippen LogP) is 2.75. The molecule has 0 N–H and O–H groups in total. The first-order valence-corrected chi connectivity index (χ1v) is 4.64. The van der Waals surface area contributed by atoms with Crippen LogP contribution in [0.3, 0.4) is 0 Å². The van der Waals surface area contributed by atoms with Gasteiger partial charge in [0.15, 0.2) is 5.82 Å². The van der Waals surface area contributed by atoms with E-state index in [1.165, 1.54) is 25.7 Å². The van der Waals surface area contributed by atoms with Crippen LogP contribution < -0.4 is 0 Å². The first kappa shape index (κ1) is 9.23. The fourth-order valence-electron chi connectivity index (χ4n) is 1.32. The van der Waals surface area contributed by atoms with Crippen LogP contribution in [0.25, 0.3) is 0 Å². The van der Waals surface area contributed by atoms with E-state index in [2.05, 4.69) is 24.0 Å². The number of hydrogen-bond acceptors (Lipinski definition) is 3. The van der Waals surface area contributed by atoms with Gasteiger partial charge in [0, 0.05) is 5.92 Å². The fourth-order valence-corrected chi connectivity index (χ4v) is 1.32. The summed E-state index contributed by atoms with van der Waals surface area (Å²) in [5.74, 6) is 1.36. The average molecular weight is 168 g/mol. The van der Waals surface area contributed by atoms with Gasteiger partial charge >= 0.3 is 0 Å². The molecule has 1 atom stereocenters. The molecule has 0 aliphatic rings. The quantitative estimate of drug-likeness (QED) is 0.678. The van der Waals surface area contributed by atoms with Crippen molar-refractivity contribution in [3.8, 4) is 0 Å². The average Bonchev–Trinajstić information content (AvgIpc) is 2.59. The van der Waals surface area contributed by atoms with Crippen LogP contribution in [0.2, 0.25) is 0 Å². The summed E-state index contributed by atoms with van der Waals surface area (Å²) in [4.78, 5) is 4.06. The highest BCUT2D eigenvalue weighted by molar-refractivity contribution is 4.90. The molecule has 0 amide bonds. The molecule has 3 nitrogen and oxygen atoms in total. The zero-order chi connectivity index (χ0) is 8.81. The summed E-state index contributed by atoms with van der Waals surface area (Å²) in [6, 6.07) is 0. The van der Waals surface area contributed by atoms with E-state index in [1.807, 2.05) is 0 Å². The van der Waals surface area contributed by atoms with Crippen LogP contribution in [-0.2, 0) is 0 Å². The van der Waals surface area contributed by atoms with Gasteiger partial charge in [0.05, 0.1) is 0 Å². The minimum absolute atomic E-state index is 0.490. The van der Waals surface area contributed by atoms with Crippen LogP contribution >= 0.6 is 0 Å². The van der Waals surface area contributed by atoms with E-state index < -0.39 is 0 Å². The number of hydrogen-bond donors (Lipinski definition) is 0. The van der Waals surface area contributed by atoms with Gasteiger partial charge in [-0.05, 0) is 12.8 Å². The number of unbranched alkanes of at least 4 members (excludes halogenated alkanes) is 1. The van der Waals surface area contributed by atoms with Gasteiger partial charge in [-0.1, -0.05) is 31.8 Å². The third-order valence-corrected chi connectivity index (χ3v) is 2.14. The third kappa shape index (κ3) is 2.32. The number of aromatic nitrogens is 2. The van der Waals surface area contributed by atoms with Crippen LogP contribution in [0.4, 0.5) is 0 Å². The van der Waals surface area contributed by atoms with Gasteiger partial charge in [0.2, 0.25) is 6.39 Å².